The fourth-order valence-electron chi connectivity index (χ4n) is 2.80. The molecule has 0 bridgehead atoms. The highest BCUT2D eigenvalue weighted by atomic mass is 16.6. The molecule has 178 valence electrons. The van der Waals surface area contributed by atoms with Crippen molar-refractivity contribution in [1.29, 1.82) is 0 Å². The lowest BCUT2D eigenvalue weighted by Crippen LogP contribution is -2.35. The van der Waals surface area contributed by atoms with Gasteiger partial charge in [-0.25, -0.2) is 4.79 Å². The van der Waals surface area contributed by atoms with E-state index in [0.29, 0.717) is 22.7 Å². The average molecular weight is 458 g/mol. The third kappa shape index (κ3) is 8.72. The second-order valence-corrected chi connectivity index (χ2v) is 8.17. The lowest BCUT2D eigenvalue weighted by Gasteiger charge is -2.19. The first kappa shape index (κ1) is 25.5. The Morgan fingerprint density at radius 1 is 0.909 bits per heavy atom. The molecular formula is C24H31N3O6. The first-order chi connectivity index (χ1) is 15.6. The molecule has 0 aliphatic carbocycles. The van der Waals surface area contributed by atoms with Crippen LogP contribution in [0.4, 0.5) is 10.5 Å². The molecule has 33 heavy (non-hydrogen) atoms. The van der Waals surface area contributed by atoms with E-state index in [1.54, 1.807) is 57.2 Å². The Morgan fingerprint density at radius 2 is 1.55 bits per heavy atom. The van der Waals surface area contributed by atoms with Gasteiger partial charge in [0.2, 0.25) is 5.91 Å². The van der Waals surface area contributed by atoms with Crippen molar-refractivity contribution in [2.75, 3.05) is 26.1 Å². The van der Waals surface area contributed by atoms with Crippen molar-refractivity contribution in [3.63, 3.8) is 0 Å². The molecule has 2 aromatic carbocycles. The summed E-state index contributed by atoms with van der Waals surface area (Å²) in [5.41, 5.74) is 1.07. The maximum absolute atomic E-state index is 12.8. The van der Waals surface area contributed by atoms with Crippen LogP contribution in [0, 0.1) is 0 Å². The number of alkyl carbamates (subject to hydrolysis) is 1. The van der Waals surface area contributed by atoms with E-state index in [4.69, 9.17) is 14.2 Å². The van der Waals surface area contributed by atoms with Crippen LogP contribution in [0.5, 0.6) is 11.5 Å². The Morgan fingerprint density at radius 3 is 2.15 bits per heavy atom. The number of methoxy groups -OCH3 is 2. The van der Waals surface area contributed by atoms with Crippen molar-refractivity contribution in [2.24, 2.45) is 0 Å². The summed E-state index contributed by atoms with van der Waals surface area (Å²) in [4.78, 5) is 36.6. The number of para-hydroxylation sites is 1. The molecular weight excluding hydrogens is 426 g/mol. The topological polar surface area (TPSA) is 115 Å². The van der Waals surface area contributed by atoms with Crippen LogP contribution in [-0.2, 0) is 16.1 Å². The molecule has 2 rings (SSSR count). The van der Waals surface area contributed by atoms with Gasteiger partial charge in [-0.1, -0.05) is 18.2 Å². The largest absolute Gasteiger partial charge is 0.497 e. The molecule has 0 atom stereocenters. The standard InChI is InChI=1S/C24H31N3O6/c1-24(2,3)33-23(30)25-11-10-21(28)26-15-16-8-6-7-9-20(16)27-22(29)17-12-18(31-4)14-19(13-17)32-5/h6-9,12-14H,10-11,15H2,1-5H3,(H,25,30)(H,26,28)(H,27,29). The molecule has 3 amide bonds. The molecule has 0 radical (unpaired) electrons. The highest BCUT2D eigenvalue weighted by Gasteiger charge is 2.16. The van der Waals surface area contributed by atoms with Crippen LogP contribution in [0.2, 0.25) is 0 Å². The Balaban J connectivity index is 1.93. The van der Waals surface area contributed by atoms with Crippen LogP contribution in [-0.4, -0.2) is 44.3 Å². The summed E-state index contributed by atoms with van der Waals surface area (Å²) in [7, 11) is 3.02. The number of benzene rings is 2. The lowest BCUT2D eigenvalue weighted by atomic mass is 10.1. The van der Waals surface area contributed by atoms with Crippen molar-refractivity contribution in [1.82, 2.24) is 10.6 Å². The fraction of sp³-hybridized carbons (Fsp3) is 0.375. The molecule has 3 N–H and O–H groups in total. The van der Waals surface area contributed by atoms with E-state index in [-0.39, 0.29) is 31.3 Å². The number of hydrogen-bond acceptors (Lipinski definition) is 6. The number of hydrogen-bond donors (Lipinski definition) is 3. The minimum absolute atomic E-state index is 0.0946. The third-order valence-electron chi connectivity index (χ3n) is 4.38. The molecule has 9 nitrogen and oxygen atoms in total. The predicted molar refractivity (Wildman–Crippen MR) is 125 cm³/mol. The zero-order valence-corrected chi connectivity index (χ0v) is 19.6. The zero-order valence-electron chi connectivity index (χ0n) is 19.6. The third-order valence-corrected chi connectivity index (χ3v) is 4.38. The van der Waals surface area contributed by atoms with Crippen molar-refractivity contribution in [3.8, 4) is 11.5 Å². The summed E-state index contributed by atoms with van der Waals surface area (Å²) in [6, 6.07) is 12.1. The number of amides is 3. The van der Waals surface area contributed by atoms with Gasteiger partial charge < -0.3 is 30.2 Å². The molecule has 2 aromatic rings. The van der Waals surface area contributed by atoms with E-state index in [9.17, 15) is 14.4 Å². The molecule has 0 saturated carbocycles. The molecule has 0 aliphatic heterocycles. The molecule has 0 heterocycles. The summed E-state index contributed by atoms with van der Waals surface area (Å²) in [6.45, 7) is 5.65. The van der Waals surface area contributed by atoms with Crippen molar-refractivity contribution in [3.05, 3.63) is 53.6 Å². The summed E-state index contributed by atoms with van der Waals surface area (Å²) < 4.78 is 15.6. The predicted octanol–water partition coefficient (Wildman–Crippen LogP) is 3.49. The van der Waals surface area contributed by atoms with Crippen LogP contribution in [0.3, 0.4) is 0 Å². The molecule has 9 heteroatoms. The van der Waals surface area contributed by atoms with E-state index in [1.807, 2.05) is 6.07 Å². The first-order valence-corrected chi connectivity index (χ1v) is 10.5. The number of carbonyl (C=O) groups excluding carboxylic acids is 3. The summed E-state index contributed by atoms with van der Waals surface area (Å²) in [5.74, 6) is 0.414. The highest BCUT2D eigenvalue weighted by Crippen LogP contribution is 2.24. The second kappa shape index (κ2) is 11.8. The monoisotopic (exact) mass is 457 g/mol. The molecule has 0 spiro atoms. The Kier molecular flexibility index (Phi) is 9.08. The minimum Gasteiger partial charge on any atom is -0.497 e. The molecule has 0 unspecified atom stereocenters. The number of rotatable bonds is 9. The quantitative estimate of drug-likeness (QED) is 0.531. The van der Waals surface area contributed by atoms with Crippen LogP contribution < -0.4 is 25.4 Å². The van der Waals surface area contributed by atoms with Crippen molar-refractivity contribution >= 4 is 23.6 Å². The normalized spacial score (nSPS) is 10.7. The Labute approximate surface area is 193 Å². The molecule has 0 saturated heterocycles. The first-order valence-electron chi connectivity index (χ1n) is 10.5. The average Bonchev–Trinajstić information content (AvgIpc) is 2.76. The molecule has 0 aromatic heterocycles. The van der Waals surface area contributed by atoms with Gasteiger partial charge in [-0.05, 0) is 44.5 Å². The SMILES string of the molecule is COc1cc(OC)cc(C(=O)Nc2ccccc2CNC(=O)CCNC(=O)OC(C)(C)C)c1. The Hall–Kier alpha value is -3.75. The number of carbonyl (C=O) groups is 3. The van der Waals surface area contributed by atoms with Crippen LogP contribution in [0.25, 0.3) is 0 Å². The van der Waals surface area contributed by atoms with Gasteiger partial charge in [-0.2, -0.15) is 0 Å². The van der Waals surface area contributed by atoms with E-state index in [1.165, 1.54) is 14.2 Å². The van der Waals surface area contributed by atoms with Gasteiger partial charge in [0.05, 0.1) is 14.2 Å². The van der Waals surface area contributed by atoms with E-state index >= 15 is 0 Å². The van der Waals surface area contributed by atoms with Crippen LogP contribution in [0.15, 0.2) is 42.5 Å². The van der Waals surface area contributed by atoms with E-state index < -0.39 is 11.7 Å². The molecule has 0 aliphatic rings. The summed E-state index contributed by atoms with van der Waals surface area (Å²) in [5, 5.41) is 8.19. The van der Waals surface area contributed by atoms with Crippen molar-refractivity contribution in [2.45, 2.75) is 39.3 Å². The minimum atomic E-state index is -0.601. The fourth-order valence-corrected chi connectivity index (χ4v) is 2.80. The molecule has 0 fully saturated rings. The van der Waals surface area contributed by atoms with Gasteiger partial charge in [0.1, 0.15) is 17.1 Å². The van der Waals surface area contributed by atoms with Gasteiger partial charge in [-0.3, -0.25) is 9.59 Å². The summed E-state index contributed by atoms with van der Waals surface area (Å²) >= 11 is 0. The Bertz CT molecular complexity index is 962. The number of nitrogens with one attached hydrogen (secondary N) is 3. The van der Waals surface area contributed by atoms with Gasteiger partial charge >= 0.3 is 6.09 Å². The zero-order chi connectivity index (χ0) is 24.4. The number of anilines is 1. The second-order valence-electron chi connectivity index (χ2n) is 8.17. The lowest BCUT2D eigenvalue weighted by molar-refractivity contribution is -0.121. The maximum atomic E-state index is 12.8. The van der Waals surface area contributed by atoms with Gasteiger partial charge in [0.25, 0.3) is 5.91 Å². The van der Waals surface area contributed by atoms with Gasteiger partial charge in [0, 0.05) is 36.8 Å². The van der Waals surface area contributed by atoms with Crippen molar-refractivity contribution < 1.29 is 28.6 Å². The van der Waals surface area contributed by atoms with E-state index in [0.717, 1.165) is 5.56 Å². The van der Waals surface area contributed by atoms with Crippen LogP contribution in [0.1, 0.15) is 43.1 Å². The van der Waals surface area contributed by atoms with Crippen LogP contribution >= 0.6 is 0 Å². The highest BCUT2D eigenvalue weighted by molar-refractivity contribution is 6.05. The number of ether oxygens (including phenoxy) is 3. The smallest absolute Gasteiger partial charge is 0.407 e. The van der Waals surface area contributed by atoms with E-state index in [2.05, 4.69) is 16.0 Å². The van der Waals surface area contributed by atoms with Gasteiger partial charge in [0.15, 0.2) is 0 Å². The maximum Gasteiger partial charge on any atom is 0.407 e. The summed E-state index contributed by atoms with van der Waals surface area (Å²) in [6.07, 6.45) is -0.477. The van der Waals surface area contributed by atoms with Gasteiger partial charge in [-0.15, -0.1) is 0 Å².